The van der Waals surface area contributed by atoms with Crippen LogP contribution < -0.4 is 0 Å². The monoisotopic (exact) mass is 302 g/mol. The van der Waals surface area contributed by atoms with Crippen molar-refractivity contribution in [2.45, 2.75) is 18.4 Å². The minimum absolute atomic E-state index is 0.159. The maximum atomic E-state index is 12.4. The van der Waals surface area contributed by atoms with Gasteiger partial charge in [-0.1, -0.05) is 29.8 Å². The van der Waals surface area contributed by atoms with E-state index in [-0.39, 0.29) is 5.91 Å². The van der Waals surface area contributed by atoms with Crippen LogP contribution in [0.25, 0.3) is 10.9 Å². The summed E-state index contributed by atoms with van der Waals surface area (Å²) >= 11 is 6.23. The summed E-state index contributed by atoms with van der Waals surface area (Å²) in [5, 5.41) is 11.7. The van der Waals surface area contributed by atoms with Gasteiger partial charge in [0.05, 0.1) is 23.6 Å². The third-order valence-electron chi connectivity index (χ3n) is 4.44. The van der Waals surface area contributed by atoms with E-state index in [4.69, 9.17) is 11.6 Å². The third-order valence-corrected chi connectivity index (χ3v) is 4.75. The van der Waals surface area contributed by atoms with Crippen molar-refractivity contribution >= 4 is 28.4 Å². The van der Waals surface area contributed by atoms with Crippen LogP contribution in [0.2, 0.25) is 5.02 Å². The van der Waals surface area contributed by atoms with Crippen molar-refractivity contribution in [3.05, 3.63) is 41.0 Å². The van der Waals surface area contributed by atoms with E-state index in [2.05, 4.69) is 4.98 Å². The van der Waals surface area contributed by atoms with Crippen LogP contribution in [0, 0.1) is 5.92 Å². The van der Waals surface area contributed by atoms with Crippen LogP contribution in [0.15, 0.2) is 30.3 Å². The number of amides is 1. The van der Waals surface area contributed by atoms with Gasteiger partial charge in [0, 0.05) is 5.39 Å². The fraction of sp³-hybridized carbons (Fsp3) is 0.375. The molecular formula is C16H15ClN2O2. The van der Waals surface area contributed by atoms with E-state index in [1.54, 1.807) is 11.0 Å². The number of carbonyl (C=O) groups is 1. The molecule has 0 radical (unpaired) electrons. The van der Waals surface area contributed by atoms with E-state index in [9.17, 15) is 9.90 Å². The molecule has 1 saturated carbocycles. The number of benzene rings is 1. The lowest BCUT2D eigenvalue weighted by molar-refractivity contribution is -0.0959. The van der Waals surface area contributed by atoms with Crippen molar-refractivity contribution in [1.29, 1.82) is 0 Å². The second kappa shape index (κ2) is 4.42. The van der Waals surface area contributed by atoms with Crippen molar-refractivity contribution in [3.63, 3.8) is 0 Å². The van der Waals surface area contributed by atoms with Crippen LogP contribution in [0.5, 0.6) is 0 Å². The molecular weight excluding hydrogens is 288 g/mol. The summed E-state index contributed by atoms with van der Waals surface area (Å²) in [4.78, 5) is 18.5. The summed E-state index contributed by atoms with van der Waals surface area (Å²) in [6.45, 7) is 0.811. The molecule has 1 N–H and O–H groups in total. The molecule has 1 aromatic carbocycles. The number of para-hydroxylation sites is 1. The van der Waals surface area contributed by atoms with E-state index in [0.717, 1.165) is 18.2 Å². The first-order chi connectivity index (χ1) is 10.1. The maximum Gasteiger partial charge on any atom is 0.272 e. The van der Waals surface area contributed by atoms with Crippen molar-refractivity contribution in [2.75, 3.05) is 13.1 Å². The molecule has 108 valence electrons. The van der Waals surface area contributed by atoms with Gasteiger partial charge in [-0.2, -0.15) is 0 Å². The highest BCUT2D eigenvalue weighted by atomic mass is 35.5. The van der Waals surface area contributed by atoms with Gasteiger partial charge in [-0.25, -0.2) is 4.98 Å². The topological polar surface area (TPSA) is 53.4 Å². The number of halogens is 1. The van der Waals surface area contributed by atoms with Crippen LogP contribution in [0.4, 0.5) is 0 Å². The SMILES string of the molecule is O=C(c1cc(Cl)c2ccccc2n1)N1CC(O)(C2CC2)C1. The lowest BCUT2D eigenvalue weighted by atomic mass is 9.88. The molecule has 1 aliphatic carbocycles. The average molecular weight is 303 g/mol. The zero-order valence-corrected chi connectivity index (χ0v) is 12.2. The number of aliphatic hydroxyl groups is 1. The number of hydrogen-bond acceptors (Lipinski definition) is 3. The van der Waals surface area contributed by atoms with Crippen LogP contribution in [0.1, 0.15) is 23.3 Å². The Kier molecular flexibility index (Phi) is 2.75. The first-order valence-electron chi connectivity index (χ1n) is 7.14. The smallest absolute Gasteiger partial charge is 0.272 e. The van der Waals surface area contributed by atoms with Gasteiger partial charge in [0.1, 0.15) is 11.3 Å². The predicted molar refractivity (Wildman–Crippen MR) is 80.3 cm³/mol. The Bertz CT molecular complexity index is 736. The molecule has 1 amide bonds. The van der Waals surface area contributed by atoms with Crippen molar-refractivity contribution in [1.82, 2.24) is 9.88 Å². The molecule has 2 fully saturated rings. The van der Waals surface area contributed by atoms with Gasteiger partial charge in [0.2, 0.25) is 0 Å². The number of fused-ring (bicyclic) bond motifs is 1. The van der Waals surface area contributed by atoms with Crippen LogP contribution in [-0.2, 0) is 0 Å². The number of pyridine rings is 1. The standard InChI is InChI=1S/C16H15ClN2O2/c17-12-7-14(18-13-4-2-1-3-11(12)13)15(20)19-8-16(21,9-19)10-5-6-10/h1-4,7,10,21H,5-6,8-9H2. The number of hydrogen-bond donors (Lipinski definition) is 1. The van der Waals surface area contributed by atoms with Gasteiger partial charge in [0.25, 0.3) is 5.91 Å². The molecule has 0 spiro atoms. The van der Waals surface area contributed by atoms with E-state index < -0.39 is 5.60 Å². The van der Waals surface area contributed by atoms with Gasteiger partial charge in [-0.3, -0.25) is 4.79 Å². The molecule has 2 heterocycles. The molecule has 0 unspecified atom stereocenters. The first-order valence-corrected chi connectivity index (χ1v) is 7.51. The van der Waals surface area contributed by atoms with Gasteiger partial charge in [-0.05, 0) is 30.9 Å². The molecule has 2 aliphatic rings. The lowest BCUT2D eigenvalue weighted by Crippen LogP contribution is -2.64. The average Bonchev–Trinajstić information content (AvgIpc) is 3.28. The molecule has 1 saturated heterocycles. The molecule has 4 rings (SSSR count). The largest absolute Gasteiger partial charge is 0.386 e. The zero-order chi connectivity index (χ0) is 14.6. The number of aromatic nitrogens is 1. The van der Waals surface area contributed by atoms with E-state index in [0.29, 0.717) is 35.2 Å². The third kappa shape index (κ3) is 2.10. The summed E-state index contributed by atoms with van der Waals surface area (Å²) in [5.41, 5.74) is 0.388. The van der Waals surface area contributed by atoms with Crippen LogP contribution in [0.3, 0.4) is 0 Å². The Labute approximate surface area is 127 Å². The van der Waals surface area contributed by atoms with E-state index >= 15 is 0 Å². The normalized spacial score (nSPS) is 20.4. The van der Waals surface area contributed by atoms with Crippen LogP contribution >= 0.6 is 11.6 Å². The van der Waals surface area contributed by atoms with Crippen LogP contribution in [-0.4, -0.2) is 39.6 Å². The summed E-state index contributed by atoms with van der Waals surface area (Å²) in [5.74, 6) is 0.211. The molecule has 0 atom stereocenters. The Morgan fingerprint density at radius 3 is 2.76 bits per heavy atom. The fourth-order valence-electron chi connectivity index (χ4n) is 3.04. The number of carbonyl (C=O) groups excluding carboxylic acids is 1. The van der Waals surface area contributed by atoms with Crippen molar-refractivity contribution < 1.29 is 9.90 Å². The zero-order valence-electron chi connectivity index (χ0n) is 11.4. The number of nitrogens with zero attached hydrogens (tertiary/aromatic N) is 2. The first kappa shape index (κ1) is 13.0. The Morgan fingerprint density at radius 2 is 2.05 bits per heavy atom. The number of β-amino-alcohol motifs (C(OH)–C–C–N with tert-alkyl or cyclic N) is 1. The highest BCUT2D eigenvalue weighted by Crippen LogP contribution is 2.44. The molecule has 1 aliphatic heterocycles. The molecule has 4 nitrogen and oxygen atoms in total. The Morgan fingerprint density at radius 1 is 1.33 bits per heavy atom. The summed E-state index contributed by atoms with van der Waals surface area (Å²) < 4.78 is 0. The highest BCUT2D eigenvalue weighted by Gasteiger charge is 2.53. The minimum atomic E-state index is -0.670. The summed E-state index contributed by atoms with van der Waals surface area (Å²) in [6, 6.07) is 9.10. The molecule has 5 heteroatoms. The second-order valence-corrected chi connectivity index (χ2v) is 6.45. The summed E-state index contributed by atoms with van der Waals surface area (Å²) in [6.07, 6.45) is 2.14. The van der Waals surface area contributed by atoms with Gasteiger partial charge in [0.15, 0.2) is 0 Å². The van der Waals surface area contributed by atoms with Crippen molar-refractivity contribution in [2.24, 2.45) is 5.92 Å². The van der Waals surface area contributed by atoms with Gasteiger partial charge in [-0.15, -0.1) is 0 Å². The quantitative estimate of drug-likeness (QED) is 0.927. The molecule has 1 aromatic heterocycles. The highest BCUT2D eigenvalue weighted by molar-refractivity contribution is 6.35. The Hall–Kier alpha value is -1.65. The molecule has 2 aromatic rings. The Balaban J connectivity index is 1.60. The van der Waals surface area contributed by atoms with Crippen molar-refractivity contribution in [3.8, 4) is 0 Å². The predicted octanol–water partition coefficient (Wildman–Crippen LogP) is 2.49. The van der Waals surface area contributed by atoms with Gasteiger partial charge >= 0.3 is 0 Å². The number of rotatable bonds is 2. The minimum Gasteiger partial charge on any atom is -0.386 e. The van der Waals surface area contributed by atoms with E-state index in [1.807, 2.05) is 24.3 Å². The number of likely N-dealkylation sites (tertiary alicyclic amines) is 1. The molecule has 21 heavy (non-hydrogen) atoms. The van der Waals surface area contributed by atoms with Gasteiger partial charge < -0.3 is 10.0 Å². The molecule has 0 bridgehead atoms. The lowest BCUT2D eigenvalue weighted by Gasteiger charge is -2.46. The van der Waals surface area contributed by atoms with E-state index in [1.165, 1.54) is 0 Å². The fourth-order valence-corrected chi connectivity index (χ4v) is 3.30. The second-order valence-electron chi connectivity index (χ2n) is 6.05. The maximum absolute atomic E-state index is 12.4. The summed E-state index contributed by atoms with van der Waals surface area (Å²) in [7, 11) is 0.